The van der Waals surface area contributed by atoms with Gasteiger partial charge in [-0.1, -0.05) is 43.2 Å². The molecule has 0 aliphatic heterocycles. The van der Waals surface area contributed by atoms with Gasteiger partial charge in [-0.25, -0.2) is 13.1 Å². The van der Waals surface area contributed by atoms with E-state index in [1.165, 1.54) is 0 Å². The van der Waals surface area contributed by atoms with Crippen LogP contribution in [0.1, 0.15) is 25.7 Å². The number of amides is 1. The molecule has 4 nitrogen and oxygen atoms in total. The number of benzene rings is 2. The van der Waals surface area contributed by atoms with Crippen LogP contribution < -0.4 is 4.72 Å². The molecule has 2 aromatic rings. The third-order valence-corrected chi connectivity index (χ3v) is 6.57. The smallest absolute Gasteiger partial charge is 0.264 e. The Balaban J connectivity index is 1.56. The molecular formula is C18H19NO3S. The van der Waals surface area contributed by atoms with E-state index >= 15 is 0 Å². The van der Waals surface area contributed by atoms with E-state index in [4.69, 9.17) is 0 Å². The van der Waals surface area contributed by atoms with Gasteiger partial charge in [0, 0.05) is 5.92 Å². The summed E-state index contributed by atoms with van der Waals surface area (Å²) in [5, 5.41) is 1.83. The lowest BCUT2D eigenvalue weighted by Crippen LogP contribution is -2.32. The maximum Gasteiger partial charge on any atom is 0.264 e. The largest absolute Gasteiger partial charge is 0.274 e. The molecule has 120 valence electrons. The minimum absolute atomic E-state index is 0.104. The zero-order valence-corrected chi connectivity index (χ0v) is 13.6. The number of nitrogens with one attached hydrogen (secondary N) is 1. The summed E-state index contributed by atoms with van der Waals surface area (Å²) in [5.74, 6) is 0.369. The van der Waals surface area contributed by atoms with E-state index in [0.717, 1.165) is 36.5 Å². The highest BCUT2D eigenvalue weighted by molar-refractivity contribution is 7.90. The van der Waals surface area contributed by atoms with E-state index in [1.807, 2.05) is 24.3 Å². The van der Waals surface area contributed by atoms with Crippen LogP contribution in [0, 0.1) is 17.8 Å². The first-order valence-electron chi connectivity index (χ1n) is 8.12. The van der Waals surface area contributed by atoms with Gasteiger partial charge >= 0.3 is 0 Å². The average molecular weight is 329 g/mol. The van der Waals surface area contributed by atoms with Gasteiger partial charge in [0.25, 0.3) is 10.0 Å². The van der Waals surface area contributed by atoms with Crippen LogP contribution in [0.4, 0.5) is 0 Å². The maximum absolute atomic E-state index is 12.5. The molecule has 0 bridgehead atoms. The molecule has 2 aromatic carbocycles. The number of rotatable bonds is 3. The van der Waals surface area contributed by atoms with Gasteiger partial charge in [-0.2, -0.15) is 0 Å². The van der Waals surface area contributed by atoms with Crippen molar-refractivity contribution in [3.63, 3.8) is 0 Å². The fourth-order valence-electron chi connectivity index (χ4n) is 3.98. The molecular weight excluding hydrogens is 310 g/mol. The lowest BCUT2D eigenvalue weighted by molar-refractivity contribution is -0.121. The molecule has 1 N–H and O–H groups in total. The standard InChI is InChI=1S/C18H19NO3S/c20-18(17-15-7-3-4-8-16(15)17)19-23(21,22)14-10-9-12-5-1-2-6-13(12)11-14/h1-2,5-6,9-11,15-17H,3-4,7-8H2,(H,19,20)/t15-,16+,17?. The monoisotopic (exact) mass is 329 g/mol. The van der Waals surface area contributed by atoms with Gasteiger partial charge in [-0.15, -0.1) is 0 Å². The molecule has 1 unspecified atom stereocenters. The van der Waals surface area contributed by atoms with E-state index in [9.17, 15) is 13.2 Å². The summed E-state index contributed by atoms with van der Waals surface area (Å²) < 4.78 is 27.3. The Hall–Kier alpha value is -1.88. The van der Waals surface area contributed by atoms with E-state index in [-0.39, 0.29) is 16.7 Å². The van der Waals surface area contributed by atoms with Gasteiger partial charge in [0.2, 0.25) is 5.91 Å². The summed E-state index contributed by atoms with van der Waals surface area (Å²) in [6.45, 7) is 0. The molecule has 0 radical (unpaired) electrons. The van der Waals surface area contributed by atoms with Crippen molar-refractivity contribution in [2.24, 2.45) is 17.8 Å². The van der Waals surface area contributed by atoms with Crippen LogP contribution in [-0.2, 0) is 14.8 Å². The molecule has 0 aromatic heterocycles. The van der Waals surface area contributed by atoms with Crippen LogP contribution >= 0.6 is 0 Å². The van der Waals surface area contributed by atoms with E-state index < -0.39 is 10.0 Å². The van der Waals surface area contributed by atoms with Crippen LogP contribution in [0.15, 0.2) is 47.4 Å². The lowest BCUT2D eigenvalue weighted by Gasteiger charge is -2.08. The van der Waals surface area contributed by atoms with Crippen molar-refractivity contribution in [2.75, 3.05) is 0 Å². The molecule has 2 aliphatic rings. The third kappa shape index (κ3) is 2.63. The summed E-state index contributed by atoms with van der Waals surface area (Å²) in [6, 6.07) is 12.5. The predicted octanol–water partition coefficient (Wildman–Crippen LogP) is 3.08. The Kier molecular flexibility index (Phi) is 3.41. The minimum atomic E-state index is -3.80. The number of carbonyl (C=O) groups is 1. The van der Waals surface area contributed by atoms with Crippen molar-refractivity contribution >= 4 is 26.7 Å². The van der Waals surface area contributed by atoms with Crippen LogP contribution in [-0.4, -0.2) is 14.3 Å². The summed E-state index contributed by atoms with van der Waals surface area (Å²) in [7, 11) is -3.80. The number of carbonyl (C=O) groups excluding carboxylic acids is 1. The van der Waals surface area contributed by atoms with Gasteiger partial charge in [0.05, 0.1) is 4.90 Å². The van der Waals surface area contributed by atoms with Crippen molar-refractivity contribution in [2.45, 2.75) is 30.6 Å². The molecule has 0 heterocycles. The second kappa shape index (κ2) is 5.34. The fourth-order valence-corrected chi connectivity index (χ4v) is 5.02. The third-order valence-electron chi connectivity index (χ3n) is 5.23. The van der Waals surface area contributed by atoms with Crippen LogP contribution in [0.5, 0.6) is 0 Å². The molecule has 2 fully saturated rings. The SMILES string of the molecule is O=C(NS(=O)(=O)c1ccc2ccccc2c1)C1[C@H]2CCCC[C@@H]12. The summed E-state index contributed by atoms with van der Waals surface area (Å²) >= 11 is 0. The quantitative estimate of drug-likeness (QED) is 0.941. The number of sulfonamides is 1. The average Bonchev–Trinajstić information content (AvgIpc) is 3.28. The molecule has 2 saturated carbocycles. The van der Waals surface area contributed by atoms with Gasteiger partial charge in [-0.3, -0.25) is 4.79 Å². The maximum atomic E-state index is 12.5. The van der Waals surface area contributed by atoms with Crippen molar-refractivity contribution in [1.29, 1.82) is 0 Å². The van der Waals surface area contributed by atoms with E-state index in [1.54, 1.807) is 18.2 Å². The molecule has 1 amide bonds. The van der Waals surface area contributed by atoms with Crippen molar-refractivity contribution < 1.29 is 13.2 Å². The second-order valence-electron chi connectivity index (χ2n) is 6.62. The summed E-state index contributed by atoms with van der Waals surface area (Å²) in [5.41, 5.74) is 0. The first-order chi connectivity index (χ1) is 11.1. The minimum Gasteiger partial charge on any atom is -0.274 e. The molecule has 5 heteroatoms. The zero-order valence-electron chi connectivity index (χ0n) is 12.7. The van der Waals surface area contributed by atoms with Crippen molar-refractivity contribution in [3.05, 3.63) is 42.5 Å². The second-order valence-corrected chi connectivity index (χ2v) is 8.30. The molecule has 4 rings (SSSR count). The predicted molar refractivity (Wildman–Crippen MR) is 88.2 cm³/mol. The molecule has 3 atom stereocenters. The van der Waals surface area contributed by atoms with Crippen LogP contribution in [0.3, 0.4) is 0 Å². The lowest BCUT2D eigenvalue weighted by atomic mass is 10.0. The number of fused-ring (bicyclic) bond motifs is 2. The number of hydrogen-bond donors (Lipinski definition) is 1. The first kappa shape index (κ1) is 14.7. The summed E-state index contributed by atoms with van der Waals surface area (Å²) in [4.78, 5) is 12.5. The molecule has 0 saturated heterocycles. The zero-order chi connectivity index (χ0) is 16.0. The molecule has 23 heavy (non-hydrogen) atoms. The van der Waals surface area contributed by atoms with Crippen molar-refractivity contribution in [3.8, 4) is 0 Å². The normalized spacial score (nSPS) is 26.5. The highest BCUT2D eigenvalue weighted by Gasteiger charge is 2.55. The topological polar surface area (TPSA) is 63.2 Å². The molecule has 0 spiro atoms. The van der Waals surface area contributed by atoms with Gasteiger partial charge in [-0.05, 0) is 47.6 Å². The van der Waals surface area contributed by atoms with Gasteiger partial charge in [0.1, 0.15) is 0 Å². The van der Waals surface area contributed by atoms with E-state index in [0.29, 0.717) is 11.8 Å². The van der Waals surface area contributed by atoms with Gasteiger partial charge in [0.15, 0.2) is 0 Å². The Labute approximate surface area is 135 Å². The van der Waals surface area contributed by atoms with Crippen molar-refractivity contribution in [1.82, 2.24) is 4.72 Å². The fraction of sp³-hybridized carbons (Fsp3) is 0.389. The Bertz CT molecular complexity index is 863. The van der Waals surface area contributed by atoms with Gasteiger partial charge < -0.3 is 0 Å². The van der Waals surface area contributed by atoms with E-state index in [2.05, 4.69) is 4.72 Å². The Morgan fingerprint density at radius 1 is 0.957 bits per heavy atom. The first-order valence-corrected chi connectivity index (χ1v) is 9.60. The number of hydrogen-bond acceptors (Lipinski definition) is 3. The van der Waals surface area contributed by atoms with Crippen LogP contribution in [0.2, 0.25) is 0 Å². The Morgan fingerprint density at radius 3 is 2.30 bits per heavy atom. The van der Waals surface area contributed by atoms with Crippen LogP contribution in [0.25, 0.3) is 10.8 Å². The highest BCUT2D eigenvalue weighted by atomic mass is 32.2. The summed E-state index contributed by atoms with van der Waals surface area (Å²) in [6.07, 6.45) is 4.42. The Morgan fingerprint density at radius 2 is 1.61 bits per heavy atom. The highest BCUT2D eigenvalue weighted by Crippen LogP contribution is 2.55. The molecule has 2 aliphatic carbocycles.